The topological polar surface area (TPSA) is 79.8 Å². The second-order valence-electron chi connectivity index (χ2n) is 6.80. The van der Waals surface area contributed by atoms with Crippen LogP contribution in [0.15, 0.2) is 34.7 Å². The molecule has 0 spiro atoms. The Morgan fingerprint density at radius 2 is 2.15 bits per heavy atom. The molecule has 7 nitrogen and oxygen atoms in total. The summed E-state index contributed by atoms with van der Waals surface area (Å²) >= 11 is 0. The minimum absolute atomic E-state index is 0.00361. The average molecular weight is 375 g/mol. The van der Waals surface area contributed by atoms with Crippen molar-refractivity contribution in [3.8, 4) is 0 Å². The first-order valence-corrected chi connectivity index (χ1v) is 8.94. The SMILES string of the molecule is CCCN(C)CCC1CN(C(=O)c2ccc([N+](=O)[O-])o2)c2ccc(F)cc21. The van der Waals surface area contributed by atoms with Crippen LogP contribution in [-0.4, -0.2) is 42.4 Å². The number of hydrogen-bond donors (Lipinski definition) is 0. The van der Waals surface area contributed by atoms with Gasteiger partial charge < -0.3 is 14.2 Å². The molecule has 0 radical (unpaired) electrons. The molecule has 2 aromatic rings. The number of carbonyl (C=O) groups is 1. The first kappa shape index (κ1) is 19.0. The summed E-state index contributed by atoms with van der Waals surface area (Å²) < 4.78 is 18.8. The van der Waals surface area contributed by atoms with Crippen molar-refractivity contribution in [2.24, 2.45) is 0 Å². The Morgan fingerprint density at radius 3 is 2.81 bits per heavy atom. The number of furan rings is 1. The highest BCUT2D eigenvalue weighted by molar-refractivity contribution is 6.05. The Balaban J connectivity index is 1.82. The van der Waals surface area contributed by atoms with Crippen LogP contribution in [0.3, 0.4) is 0 Å². The molecule has 1 aromatic heterocycles. The number of hydrogen-bond acceptors (Lipinski definition) is 5. The third-order valence-electron chi connectivity index (χ3n) is 4.82. The maximum atomic E-state index is 13.8. The summed E-state index contributed by atoms with van der Waals surface area (Å²) in [5, 5.41) is 10.8. The summed E-state index contributed by atoms with van der Waals surface area (Å²) in [5.41, 5.74) is 1.41. The largest absolute Gasteiger partial charge is 0.433 e. The molecule has 0 fully saturated rings. The third kappa shape index (κ3) is 4.00. The smallest absolute Gasteiger partial charge is 0.395 e. The monoisotopic (exact) mass is 375 g/mol. The summed E-state index contributed by atoms with van der Waals surface area (Å²) in [6.45, 7) is 4.32. The van der Waals surface area contributed by atoms with E-state index < -0.39 is 16.7 Å². The zero-order chi connectivity index (χ0) is 19.6. The van der Waals surface area contributed by atoms with E-state index in [1.165, 1.54) is 23.1 Å². The van der Waals surface area contributed by atoms with Gasteiger partial charge in [0.15, 0.2) is 5.76 Å². The number of rotatable bonds is 7. The van der Waals surface area contributed by atoms with Gasteiger partial charge in [0.2, 0.25) is 0 Å². The van der Waals surface area contributed by atoms with Crippen LogP contribution >= 0.6 is 0 Å². The van der Waals surface area contributed by atoms with Crippen LogP contribution in [-0.2, 0) is 0 Å². The molecule has 8 heteroatoms. The van der Waals surface area contributed by atoms with E-state index >= 15 is 0 Å². The molecule has 144 valence electrons. The fourth-order valence-corrected chi connectivity index (χ4v) is 3.50. The quantitative estimate of drug-likeness (QED) is 0.543. The Labute approximate surface area is 156 Å². The molecule has 1 amide bonds. The fraction of sp³-hybridized carbons (Fsp3) is 0.421. The Morgan fingerprint density at radius 1 is 1.37 bits per heavy atom. The highest BCUT2D eigenvalue weighted by Gasteiger charge is 2.34. The van der Waals surface area contributed by atoms with Crippen molar-refractivity contribution in [2.75, 3.05) is 31.6 Å². The molecule has 0 saturated heterocycles. The summed E-state index contributed by atoms with van der Waals surface area (Å²) in [7, 11) is 2.04. The number of halogens is 1. The number of amides is 1. The number of nitrogens with zero attached hydrogens (tertiary/aromatic N) is 3. The minimum Gasteiger partial charge on any atom is -0.395 e. The molecule has 27 heavy (non-hydrogen) atoms. The van der Waals surface area contributed by atoms with Crippen LogP contribution in [0, 0.1) is 15.9 Å². The highest BCUT2D eigenvalue weighted by atomic mass is 19.1. The lowest BCUT2D eigenvalue weighted by Gasteiger charge is -2.19. The Hall–Kier alpha value is -2.74. The van der Waals surface area contributed by atoms with Crippen LogP contribution in [0.1, 0.15) is 41.8 Å². The Kier molecular flexibility index (Phi) is 5.55. The molecular weight excluding hydrogens is 353 g/mol. The van der Waals surface area contributed by atoms with Gasteiger partial charge in [-0.2, -0.15) is 0 Å². The lowest BCUT2D eigenvalue weighted by Crippen LogP contribution is -2.30. The van der Waals surface area contributed by atoms with Gasteiger partial charge >= 0.3 is 5.88 Å². The van der Waals surface area contributed by atoms with Crippen LogP contribution in [0.25, 0.3) is 0 Å². The van der Waals surface area contributed by atoms with Crippen LogP contribution < -0.4 is 4.90 Å². The van der Waals surface area contributed by atoms with Gasteiger partial charge in [0, 0.05) is 18.2 Å². The van der Waals surface area contributed by atoms with E-state index in [0.29, 0.717) is 12.2 Å². The number of carbonyl (C=O) groups excluding carboxylic acids is 1. The molecule has 0 N–H and O–H groups in total. The van der Waals surface area contributed by atoms with Crippen molar-refractivity contribution in [1.82, 2.24) is 4.90 Å². The molecular formula is C19H22FN3O4. The highest BCUT2D eigenvalue weighted by Crippen LogP contribution is 2.39. The molecule has 1 unspecified atom stereocenters. The van der Waals surface area contributed by atoms with Crippen LogP contribution in [0.5, 0.6) is 0 Å². The lowest BCUT2D eigenvalue weighted by atomic mass is 9.97. The molecule has 3 rings (SSSR count). The van der Waals surface area contributed by atoms with Gasteiger partial charge in [-0.05, 0) is 62.8 Å². The fourth-order valence-electron chi connectivity index (χ4n) is 3.50. The van der Waals surface area contributed by atoms with Gasteiger partial charge in [-0.1, -0.05) is 6.92 Å². The number of fused-ring (bicyclic) bond motifs is 1. The van der Waals surface area contributed by atoms with E-state index in [1.807, 2.05) is 7.05 Å². The molecule has 1 aliphatic rings. The Bertz CT molecular complexity index is 851. The van der Waals surface area contributed by atoms with Gasteiger partial charge in [-0.15, -0.1) is 0 Å². The van der Waals surface area contributed by atoms with Gasteiger partial charge in [0.05, 0.1) is 6.07 Å². The first-order chi connectivity index (χ1) is 12.9. The van der Waals surface area contributed by atoms with Gasteiger partial charge in [-0.3, -0.25) is 14.9 Å². The van der Waals surface area contributed by atoms with Crippen LogP contribution in [0.2, 0.25) is 0 Å². The summed E-state index contributed by atoms with van der Waals surface area (Å²) in [4.78, 5) is 26.7. The molecule has 2 heterocycles. The van der Waals surface area contributed by atoms with Crippen molar-refractivity contribution in [2.45, 2.75) is 25.7 Å². The molecule has 0 aliphatic carbocycles. The van der Waals surface area contributed by atoms with Crippen molar-refractivity contribution < 1.29 is 18.5 Å². The van der Waals surface area contributed by atoms with E-state index in [0.717, 1.165) is 37.6 Å². The number of benzene rings is 1. The maximum absolute atomic E-state index is 13.8. The second kappa shape index (κ2) is 7.87. The van der Waals surface area contributed by atoms with Gasteiger partial charge in [0.25, 0.3) is 5.91 Å². The van der Waals surface area contributed by atoms with Crippen molar-refractivity contribution in [3.05, 3.63) is 57.6 Å². The van der Waals surface area contributed by atoms with Crippen LogP contribution in [0.4, 0.5) is 16.0 Å². The molecule has 1 atom stereocenters. The van der Waals surface area contributed by atoms with E-state index in [4.69, 9.17) is 4.42 Å². The average Bonchev–Trinajstić information content (AvgIpc) is 3.25. The molecule has 0 saturated carbocycles. The molecule has 0 bridgehead atoms. The zero-order valence-electron chi connectivity index (χ0n) is 15.4. The van der Waals surface area contributed by atoms with Crippen molar-refractivity contribution in [1.29, 1.82) is 0 Å². The zero-order valence-corrected chi connectivity index (χ0v) is 15.4. The van der Waals surface area contributed by atoms with Gasteiger partial charge in [0.1, 0.15) is 10.7 Å². The predicted molar refractivity (Wildman–Crippen MR) is 98.6 cm³/mol. The first-order valence-electron chi connectivity index (χ1n) is 8.94. The van der Waals surface area contributed by atoms with E-state index in [2.05, 4.69) is 11.8 Å². The predicted octanol–water partition coefficient (Wildman–Crippen LogP) is 3.80. The molecule has 1 aliphatic heterocycles. The molecule has 1 aromatic carbocycles. The third-order valence-corrected chi connectivity index (χ3v) is 4.82. The summed E-state index contributed by atoms with van der Waals surface area (Å²) in [5.74, 6) is -1.37. The van der Waals surface area contributed by atoms with E-state index in [9.17, 15) is 19.3 Å². The lowest BCUT2D eigenvalue weighted by molar-refractivity contribution is -0.402. The summed E-state index contributed by atoms with van der Waals surface area (Å²) in [6, 6.07) is 6.82. The van der Waals surface area contributed by atoms with Crippen molar-refractivity contribution in [3.63, 3.8) is 0 Å². The normalized spacial score (nSPS) is 16.0. The number of nitro groups is 1. The van der Waals surface area contributed by atoms with Gasteiger partial charge in [-0.25, -0.2) is 4.39 Å². The van der Waals surface area contributed by atoms with E-state index in [1.54, 1.807) is 6.07 Å². The second-order valence-corrected chi connectivity index (χ2v) is 6.80. The minimum atomic E-state index is -0.684. The maximum Gasteiger partial charge on any atom is 0.433 e. The summed E-state index contributed by atoms with van der Waals surface area (Å²) in [6.07, 6.45) is 1.84. The standard InChI is InChI=1S/C19H22FN3O4/c1-3-9-21(2)10-8-13-12-22(16-5-4-14(20)11-15(13)16)19(24)17-6-7-18(27-17)23(25)26/h4-7,11,13H,3,8-10,12H2,1-2H3. The van der Waals surface area contributed by atoms with Crippen molar-refractivity contribution >= 4 is 17.5 Å². The van der Waals surface area contributed by atoms with E-state index in [-0.39, 0.29) is 17.5 Å². The number of anilines is 1.